The van der Waals surface area contributed by atoms with Crippen molar-refractivity contribution >= 4 is 22.5 Å². The summed E-state index contributed by atoms with van der Waals surface area (Å²) in [5.74, 6) is 3.11. The summed E-state index contributed by atoms with van der Waals surface area (Å²) in [6.45, 7) is 13.3. The van der Waals surface area contributed by atoms with Gasteiger partial charge in [-0.1, -0.05) is 26.8 Å². The number of nitrogens with one attached hydrogen (secondary N) is 1. The summed E-state index contributed by atoms with van der Waals surface area (Å²) in [6, 6.07) is 10.8. The molecule has 3 saturated carbocycles. The minimum atomic E-state index is -0.342. The molecule has 8 rings (SSSR count). The van der Waals surface area contributed by atoms with E-state index in [2.05, 4.69) is 40.9 Å². The Hall–Kier alpha value is -3.50. The van der Waals surface area contributed by atoms with Crippen LogP contribution in [0.25, 0.3) is 10.9 Å². The van der Waals surface area contributed by atoms with Crippen LogP contribution >= 0.6 is 0 Å². The van der Waals surface area contributed by atoms with Crippen LogP contribution in [0.1, 0.15) is 52.0 Å². The second-order valence-corrected chi connectivity index (χ2v) is 14.7. The molecule has 252 valence electrons. The maximum atomic E-state index is 14.5. The first-order chi connectivity index (χ1) is 22.7. The fourth-order valence-corrected chi connectivity index (χ4v) is 8.52. The van der Waals surface area contributed by atoms with Crippen LogP contribution in [0.3, 0.4) is 0 Å². The van der Waals surface area contributed by atoms with Gasteiger partial charge in [0, 0.05) is 58.0 Å². The molecule has 0 radical (unpaired) electrons. The predicted octanol–water partition coefficient (Wildman–Crippen LogP) is 5.23. The average molecular weight is 645 g/mol. The van der Waals surface area contributed by atoms with Crippen LogP contribution in [0.5, 0.6) is 5.75 Å². The van der Waals surface area contributed by atoms with Crippen molar-refractivity contribution in [3.05, 3.63) is 64.5 Å². The molecule has 9 nitrogen and oxygen atoms in total. The van der Waals surface area contributed by atoms with Crippen LogP contribution in [0.2, 0.25) is 0 Å². The molecule has 47 heavy (non-hydrogen) atoms. The average Bonchev–Trinajstić information content (AvgIpc) is 3.58. The zero-order chi connectivity index (χ0) is 32.7. The fraction of sp³-hybridized carbons (Fsp3) is 0.595. The summed E-state index contributed by atoms with van der Waals surface area (Å²) >= 11 is 0. The van der Waals surface area contributed by atoms with Crippen LogP contribution in [-0.4, -0.2) is 83.9 Å². The molecule has 2 saturated heterocycles. The third-order valence-corrected chi connectivity index (χ3v) is 11.8. The monoisotopic (exact) mass is 644 g/mol. The molecule has 2 aliphatic heterocycles. The van der Waals surface area contributed by atoms with Gasteiger partial charge < -0.3 is 19.7 Å². The Bertz CT molecular complexity index is 1680. The van der Waals surface area contributed by atoms with Gasteiger partial charge >= 0.3 is 0 Å². The molecule has 10 heteroatoms. The number of fused-ring (bicyclic) bond motifs is 3. The summed E-state index contributed by atoms with van der Waals surface area (Å²) < 4.78 is 27.1. The van der Waals surface area contributed by atoms with E-state index >= 15 is 0 Å². The fourth-order valence-electron chi connectivity index (χ4n) is 8.52. The Labute approximate surface area is 277 Å². The first kappa shape index (κ1) is 32.1. The van der Waals surface area contributed by atoms with Gasteiger partial charge in [-0.3, -0.25) is 14.3 Å². The Morgan fingerprint density at radius 2 is 1.98 bits per heavy atom. The number of methoxy groups -OCH3 is 1. The van der Waals surface area contributed by atoms with E-state index in [-0.39, 0.29) is 11.4 Å². The van der Waals surface area contributed by atoms with E-state index in [1.165, 1.54) is 32.4 Å². The van der Waals surface area contributed by atoms with Gasteiger partial charge in [-0.15, -0.1) is 0 Å². The molecular weight excluding hydrogens is 595 g/mol. The molecule has 2 bridgehead atoms. The van der Waals surface area contributed by atoms with E-state index in [9.17, 15) is 9.18 Å². The maximum absolute atomic E-state index is 14.5. The Morgan fingerprint density at radius 1 is 1.15 bits per heavy atom. The summed E-state index contributed by atoms with van der Waals surface area (Å²) in [5.41, 5.74) is 2.20. The minimum Gasteiger partial charge on any atom is -0.497 e. The number of aliphatic imine (C=N–C) groups is 1. The SMILES string of the molecule is COc1ccc(CCn2cnc3cc(N=C(NC4C[C@H]5C[C@H]([C@H]4C)C5(C)C)N4CCN(CC5CCCO5)CC4)ccc3c2=O)c(F)c1. The highest BCUT2D eigenvalue weighted by atomic mass is 19.1. The van der Waals surface area contributed by atoms with Crippen molar-refractivity contribution < 1.29 is 13.9 Å². The smallest absolute Gasteiger partial charge is 0.261 e. The highest BCUT2D eigenvalue weighted by molar-refractivity contribution is 5.86. The minimum absolute atomic E-state index is 0.141. The number of rotatable bonds is 8. The number of nitrogens with zero attached hydrogens (tertiary/aromatic N) is 5. The largest absolute Gasteiger partial charge is 0.497 e. The molecule has 3 heterocycles. The maximum Gasteiger partial charge on any atom is 0.261 e. The molecule has 0 spiro atoms. The number of hydrogen-bond donors (Lipinski definition) is 1. The Balaban J connectivity index is 1.09. The second-order valence-electron chi connectivity index (χ2n) is 14.7. The van der Waals surface area contributed by atoms with Gasteiger partial charge in [0.2, 0.25) is 0 Å². The number of piperazine rings is 1. The summed E-state index contributed by atoms with van der Waals surface area (Å²) in [5, 5.41) is 4.46. The number of ether oxygens (including phenoxy) is 2. The quantitative estimate of drug-likeness (QED) is 0.266. The van der Waals surface area contributed by atoms with Gasteiger partial charge in [-0.05, 0) is 85.1 Å². The van der Waals surface area contributed by atoms with Crippen LogP contribution in [-0.2, 0) is 17.7 Å². The lowest BCUT2D eigenvalue weighted by atomic mass is 9.45. The van der Waals surface area contributed by atoms with Crippen LogP contribution in [0.15, 0.2) is 52.5 Å². The van der Waals surface area contributed by atoms with E-state index in [0.717, 1.165) is 69.2 Å². The van der Waals surface area contributed by atoms with Crippen molar-refractivity contribution in [1.82, 2.24) is 24.7 Å². The van der Waals surface area contributed by atoms with Crippen LogP contribution in [0.4, 0.5) is 10.1 Å². The van der Waals surface area contributed by atoms with E-state index in [0.29, 0.717) is 58.7 Å². The third-order valence-electron chi connectivity index (χ3n) is 11.8. The van der Waals surface area contributed by atoms with Crippen LogP contribution in [0, 0.1) is 29.0 Å². The number of aromatic nitrogens is 2. The van der Waals surface area contributed by atoms with Gasteiger partial charge in [0.25, 0.3) is 5.56 Å². The molecule has 1 aromatic heterocycles. The first-order valence-corrected chi connectivity index (χ1v) is 17.5. The molecule has 2 aromatic carbocycles. The van der Waals surface area contributed by atoms with E-state index in [4.69, 9.17) is 14.5 Å². The van der Waals surface area contributed by atoms with Crippen molar-refractivity contribution in [2.75, 3.05) is 46.4 Å². The van der Waals surface area contributed by atoms with Crippen molar-refractivity contribution in [2.24, 2.45) is 28.2 Å². The number of halogens is 1. The predicted molar refractivity (Wildman–Crippen MR) is 183 cm³/mol. The summed E-state index contributed by atoms with van der Waals surface area (Å²) in [7, 11) is 1.51. The molecule has 2 unspecified atom stereocenters. The lowest BCUT2D eigenvalue weighted by molar-refractivity contribution is -0.112. The number of benzene rings is 2. The number of aryl methyl sites for hydroxylation is 2. The van der Waals surface area contributed by atoms with Crippen LogP contribution < -0.4 is 15.6 Å². The molecule has 5 fully saturated rings. The first-order valence-electron chi connectivity index (χ1n) is 17.5. The molecule has 5 aliphatic rings. The Morgan fingerprint density at radius 3 is 2.68 bits per heavy atom. The molecule has 0 amide bonds. The van der Waals surface area contributed by atoms with Gasteiger partial charge in [-0.25, -0.2) is 14.4 Å². The molecule has 3 aliphatic carbocycles. The van der Waals surface area contributed by atoms with Gasteiger partial charge in [0.15, 0.2) is 5.96 Å². The highest BCUT2D eigenvalue weighted by Crippen LogP contribution is 2.61. The molecule has 1 N–H and O–H groups in total. The zero-order valence-corrected chi connectivity index (χ0v) is 28.3. The van der Waals surface area contributed by atoms with E-state index in [1.54, 1.807) is 23.0 Å². The third kappa shape index (κ3) is 6.51. The summed E-state index contributed by atoms with van der Waals surface area (Å²) in [6.07, 6.45) is 7.13. The van der Waals surface area contributed by atoms with Crippen molar-refractivity contribution in [3.8, 4) is 5.75 Å². The van der Waals surface area contributed by atoms with Crippen molar-refractivity contribution in [3.63, 3.8) is 0 Å². The number of guanidine groups is 1. The van der Waals surface area contributed by atoms with Gasteiger partial charge in [0.1, 0.15) is 11.6 Å². The lowest BCUT2D eigenvalue weighted by Crippen LogP contribution is -2.63. The topological polar surface area (TPSA) is 84.2 Å². The zero-order valence-electron chi connectivity index (χ0n) is 28.3. The van der Waals surface area contributed by atoms with Gasteiger partial charge in [-0.2, -0.15) is 0 Å². The molecule has 3 aromatic rings. The second kappa shape index (κ2) is 13.2. The van der Waals surface area contributed by atoms with Gasteiger partial charge in [0.05, 0.1) is 36.1 Å². The number of hydrogen-bond acceptors (Lipinski definition) is 6. The van der Waals surface area contributed by atoms with E-state index in [1.807, 2.05) is 18.2 Å². The standard InChI is InChI=1S/C37H49FN6O3/c1-24-31-18-26(37(31,2)3)19-33(24)41-36(43-15-13-42(14-16-43)22-29-6-5-17-47-29)40-27-8-10-30-34(20-27)39-23-44(35(30)45)12-11-25-7-9-28(46-4)21-32(25)38/h7-10,20-21,23-24,26,29,31,33H,5-6,11-19,22H2,1-4H3,(H,40,41)/t24-,26-,29?,31-,33?/m1/s1. The van der Waals surface area contributed by atoms with Crippen molar-refractivity contribution in [2.45, 2.75) is 71.6 Å². The lowest BCUT2D eigenvalue weighted by Gasteiger charge is -2.62. The van der Waals surface area contributed by atoms with Crippen molar-refractivity contribution in [1.29, 1.82) is 0 Å². The summed E-state index contributed by atoms with van der Waals surface area (Å²) in [4.78, 5) is 28.2. The Kier molecular flexibility index (Phi) is 9.00. The molecular formula is C37H49FN6O3. The normalized spacial score (nSPS) is 27.6. The molecule has 5 atom stereocenters. The highest BCUT2D eigenvalue weighted by Gasteiger charge is 2.56. The van der Waals surface area contributed by atoms with E-state index < -0.39 is 0 Å².